The van der Waals surface area contributed by atoms with E-state index in [-0.39, 0.29) is 11.7 Å². The Labute approximate surface area is 139 Å². The molecule has 5 nitrogen and oxygen atoms in total. The quantitative estimate of drug-likeness (QED) is 0.810. The first-order chi connectivity index (χ1) is 11.2. The fourth-order valence-electron chi connectivity index (χ4n) is 2.84. The molecule has 0 aliphatic carbocycles. The van der Waals surface area contributed by atoms with Crippen LogP contribution >= 0.6 is 11.6 Å². The van der Waals surface area contributed by atoms with Gasteiger partial charge >= 0.3 is 0 Å². The number of halogens is 1. The van der Waals surface area contributed by atoms with Crippen LogP contribution in [0.15, 0.2) is 36.7 Å². The Kier molecular flexibility index (Phi) is 4.54. The topological polar surface area (TPSA) is 69.9 Å². The van der Waals surface area contributed by atoms with Gasteiger partial charge in [0.05, 0.1) is 0 Å². The Balaban J connectivity index is 1.68. The van der Waals surface area contributed by atoms with Crippen LogP contribution in [-0.2, 0) is 0 Å². The van der Waals surface area contributed by atoms with E-state index < -0.39 is 0 Å². The second-order valence-corrected chi connectivity index (χ2v) is 5.91. The van der Waals surface area contributed by atoms with Crippen molar-refractivity contribution in [3.05, 3.63) is 52.9 Å². The number of anilines is 1. The fourth-order valence-corrected chi connectivity index (χ4v) is 2.97. The summed E-state index contributed by atoms with van der Waals surface area (Å²) in [6, 6.07) is 9.08. The van der Waals surface area contributed by atoms with Gasteiger partial charge in [0, 0.05) is 42.0 Å². The van der Waals surface area contributed by atoms with Crippen LogP contribution in [0, 0.1) is 17.2 Å². The molecule has 1 fully saturated rings. The van der Waals surface area contributed by atoms with Gasteiger partial charge in [0.1, 0.15) is 6.07 Å². The fraction of sp³-hybridized carbons (Fsp3) is 0.294. The minimum Gasteiger partial charge on any atom is -0.354 e. The van der Waals surface area contributed by atoms with E-state index in [4.69, 9.17) is 16.9 Å². The van der Waals surface area contributed by atoms with Gasteiger partial charge in [-0.1, -0.05) is 11.6 Å². The predicted molar refractivity (Wildman–Crippen MR) is 87.5 cm³/mol. The molecule has 0 N–H and O–H groups in total. The summed E-state index contributed by atoms with van der Waals surface area (Å²) in [5, 5.41) is 9.74. The summed E-state index contributed by atoms with van der Waals surface area (Å²) < 4.78 is 0. The molecule has 116 valence electrons. The van der Waals surface area contributed by atoms with Gasteiger partial charge in [-0.15, -0.1) is 0 Å². The van der Waals surface area contributed by atoms with Crippen molar-refractivity contribution in [1.29, 1.82) is 5.26 Å². The Morgan fingerprint density at radius 1 is 1.17 bits per heavy atom. The Bertz CT molecular complexity index is 746. The van der Waals surface area contributed by atoms with Crippen molar-refractivity contribution in [1.82, 2.24) is 9.97 Å². The van der Waals surface area contributed by atoms with E-state index in [1.165, 1.54) is 6.20 Å². The molecule has 1 aliphatic heterocycles. The number of piperidine rings is 1. The first kappa shape index (κ1) is 15.4. The van der Waals surface area contributed by atoms with E-state index in [0.29, 0.717) is 35.2 Å². The van der Waals surface area contributed by atoms with Gasteiger partial charge in [-0.2, -0.15) is 5.26 Å². The van der Waals surface area contributed by atoms with Crippen LogP contribution in [0.3, 0.4) is 0 Å². The monoisotopic (exact) mass is 326 g/mol. The second-order valence-electron chi connectivity index (χ2n) is 5.47. The molecule has 0 unspecified atom stereocenters. The highest BCUT2D eigenvalue weighted by molar-refractivity contribution is 6.30. The lowest BCUT2D eigenvalue weighted by Crippen LogP contribution is -2.37. The molecule has 0 atom stereocenters. The normalized spacial score (nSPS) is 15.2. The maximum atomic E-state index is 12.5. The summed E-state index contributed by atoms with van der Waals surface area (Å²) in [5.41, 5.74) is 1.03. The Morgan fingerprint density at radius 2 is 1.83 bits per heavy atom. The third-order valence-corrected chi connectivity index (χ3v) is 4.33. The van der Waals surface area contributed by atoms with Crippen LogP contribution in [-0.4, -0.2) is 28.8 Å². The molecule has 3 rings (SSSR count). The van der Waals surface area contributed by atoms with E-state index in [0.717, 1.165) is 12.8 Å². The molecule has 1 aliphatic rings. The number of nitrogens with zero attached hydrogens (tertiary/aromatic N) is 4. The van der Waals surface area contributed by atoms with Crippen molar-refractivity contribution in [3.63, 3.8) is 0 Å². The molecule has 23 heavy (non-hydrogen) atoms. The zero-order chi connectivity index (χ0) is 16.2. The van der Waals surface area contributed by atoms with Gasteiger partial charge in [-0.3, -0.25) is 4.79 Å². The smallest absolute Gasteiger partial charge is 0.183 e. The lowest BCUT2D eigenvalue weighted by Gasteiger charge is -2.32. The maximum Gasteiger partial charge on any atom is 0.183 e. The highest BCUT2D eigenvalue weighted by atomic mass is 35.5. The minimum atomic E-state index is -0.00497. The Hall–Kier alpha value is -2.45. The average molecular weight is 327 g/mol. The number of ketones is 1. The van der Waals surface area contributed by atoms with Gasteiger partial charge in [0.2, 0.25) is 0 Å². The van der Waals surface area contributed by atoms with Crippen molar-refractivity contribution in [3.8, 4) is 6.07 Å². The summed E-state index contributed by atoms with van der Waals surface area (Å²) in [5.74, 6) is 0.753. The zero-order valence-corrected chi connectivity index (χ0v) is 13.2. The maximum absolute atomic E-state index is 12.5. The predicted octanol–water partition coefficient (Wildman–Crippen LogP) is 3.10. The SMILES string of the molecule is N#Cc1nccnc1N1CCC(C(=O)c2ccc(Cl)cc2)CC1. The molecular formula is C17H15ClN4O. The summed E-state index contributed by atoms with van der Waals surface area (Å²) in [4.78, 5) is 22.9. The van der Waals surface area contributed by atoms with E-state index in [1.807, 2.05) is 4.90 Å². The molecular weight excluding hydrogens is 312 g/mol. The van der Waals surface area contributed by atoms with Gasteiger partial charge in [0.15, 0.2) is 17.3 Å². The van der Waals surface area contributed by atoms with Gasteiger partial charge < -0.3 is 4.90 Å². The van der Waals surface area contributed by atoms with E-state index in [9.17, 15) is 4.79 Å². The van der Waals surface area contributed by atoms with Crippen LogP contribution in [0.1, 0.15) is 28.9 Å². The molecule has 1 aromatic heterocycles. The summed E-state index contributed by atoms with van der Waals surface area (Å²) in [7, 11) is 0. The first-order valence-electron chi connectivity index (χ1n) is 7.45. The minimum absolute atomic E-state index is 0.00497. The summed E-state index contributed by atoms with van der Waals surface area (Å²) >= 11 is 5.86. The number of carbonyl (C=O) groups excluding carboxylic acids is 1. The molecule has 0 saturated carbocycles. The highest BCUT2D eigenvalue weighted by Gasteiger charge is 2.27. The van der Waals surface area contributed by atoms with Crippen LogP contribution < -0.4 is 4.90 Å². The lowest BCUT2D eigenvalue weighted by atomic mass is 9.89. The van der Waals surface area contributed by atoms with Gasteiger partial charge in [-0.05, 0) is 37.1 Å². The number of carbonyl (C=O) groups is 1. The number of nitriles is 1. The lowest BCUT2D eigenvalue weighted by molar-refractivity contribution is 0.0900. The van der Waals surface area contributed by atoms with Crippen LogP contribution in [0.5, 0.6) is 0 Å². The largest absolute Gasteiger partial charge is 0.354 e. The third kappa shape index (κ3) is 3.33. The third-order valence-electron chi connectivity index (χ3n) is 4.08. The molecule has 2 aromatic rings. The molecule has 6 heteroatoms. The Morgan fingerprint density at radius 3 is 2.48 bits per heavy atom. The highest BCUT2D eigenvalue weighted by Crippen LogP contribution is 2.26. The van der Waals surface area contributed by atoms with E-state index in [1.54, 1.807) is 30.5 Å². The molecule has 0 radical (unpaired) electrons. The molecule has 0 bridgehead atoms. The van der Waals surface area contributed by atoms with Crippen molar-refractivity contribution >= 4 is 23.2 Å². The van der Waals surface area contributed by atoms with Gasteiger partial charge in [0.25, 0.3) is 0 Å². The molecule has 0 amide bonds. The van der Waals surface area contributed by atoms with Gasteiger partial charge in [-0.25, -0.2) is 9.97 Å². The number of aromatic nitrogens is 2. The number of rotatable bonds is 3. The van der Waals surface area contributed by atoms with Crippen LogP contribution in [0.2, 0.25) is 5.02 Å². The van der Waals surface area contributed by atoms with Crippen LogP contribution in [0.4, 0.5) is 5.82 Å². The number of hydrogen-bond acceptors (Lipinski definition) is 5. The van der Waals surface area contributed by atoms with E-state index >= 15 is 0 Å². The van der Waals surface area contributed by atoms with Crippen molar-refractivity contribution < 1.29 is 4.79 Å². The molecule has 0 spiro atoms. The average Bonchev–Trinajstić information content (AvgIpc) is 2.62. The standard InChI is InChI=1S/C17H15ClN4O/c18-14-3-1-12(2-4-14)16(23)13-5-9-22(10-6-13)17-15(11-19)20-7-8-21-17/h1-4,7-8,13H,5-6,9-10H2. The number of benzene rings is 1. The van der Waals surface area contributed by atoms with E-state index in [2.05, 4.69) is 16.0 Å². The number of hydrogen-bond donors (Lipinski definition) is 0. The number of Topliss-reactive ketones (excluding diaryl/α,β-unsaturated/α-hetero) is 1. The van der Waals surface area contributed by atoms with Crippen molar-refractivity contribution in [2.24, 2.45) is 5.92 Å². The molecule has 1 saturated heterocycles. The van der Waals surface area contributed by atoms with Crippen molar-refractivity contribution in [2.75, 3.05) is 18.0 Å². The molecule has 1 aromatic carbocycles. The van der Waals surface area contributed by atoms with Crippen molar-refractivity contribution in [2.45, 2.75) is 12.8 Å². The molecule has 2 heterocycles. The zero-order valence-electron chi connectivity index (χ0n) is 12.4. The summed E-state index contributed by atoms with van der Waals surface area (Å²) in [6.07, 6.45) is 4.58. The van der Waals surface area contributed by atoms with Crippen LogP contribution in [0.25, 0.3) is 0 Å². The second kappa shape index (κ2) is 6.76. The first-order valence-corrected chi connectivity index (χ1v) is 7.82. The summed E-state index contributed by atoms with van der Waals surface area (Å²) in [6.45, 7) is 1.38.